The van der Waals surface area contributed by atoms with E-state index in [1.54, 1.807) is 0 Å². The minimum Gasteiger partial charge on any atom is -0.494 e. The van der Waals surface area contributed by atoms with Gasteiger partial charge in [-0.1, -0.05) is 77.3 Å². The third-order valence-corrected chi connectivity index (χ3v) is 4.35. The molecule has 0 aromatic heterocycles. The summed E-state index contributed by atoms with van der Waals surface area (Å²) in [5.74, 6) is 0.956. The molecule has 0 aliphatic carbocycles. The number of hydrogen-bond donors (Lipinski definition) is 0. The highest BCUT2D eigenvalue weighted by Gasteiger charge is 2.22. The highest BCUT2D eigenvalue weighted by molar-refractivity contribution is 5.40. The lowest BCUT2D eigenvalue weighted by atomic mass is 9.78. The van der Waals surface area contributed by atoms with Crippen molar-refractivity contribution in [3.8, 4) is 5.75 Å². The van der Waals surface area contributed by atoms with Crippen LogP contribution >= 0.6 is 0 Å². The van der Waals surface area contributed by atoms with Crippen LogP contribution in [0.5, 0.6) is 5.75 Å². The Balaban J connectivity index is 0.000000795. The number of rotatable bonds is 10. The van der Waals surface area contributed by atoms with Crippen LogP contribution in [0.1, 0.15) is 50.8 Å². The first-order valence-electron chi connectivity index (χ1n) is 10.0. The van der Waals surface area contributed by atoms with Crippen molar-refractivity contribution in [3.63, 3.8) is 0 Å². The van der Waals surface area contributed by atoms with Crippen LogP contribution in [-0.4, -0.2) is 6.61 Å². The van der Waals surface area contributed by atoms with Crippen LogP contribution in [0.25, 0.3) is 0 Å². The highest BCUT2D eigenvalue weighted by atomic mass is 17.5. The molecule has 0 bridgehead atoms. The average molecular weight is 413 g/mol. The molecule has 4 heteroatoms. The molecule has 0 saturated carbocycles. The molecule has 0 aliphatic heterocycles. The Labute approximate surface area is 182 Å². The van der Waals surface area contributed by atoms with Gasteiger partial charge in [0, 0.05) is 10.5 Å². The molecule has 30 heavy (non-hydrogen) atoms. The Hall–Kier alpha value is -2.98. The van der Waals surface area contributed by atoms with Gasteiger partial charge in [0.05, 0.1) is 6.61 Å². The molecule has 2 aromatic rings. The van der Waals surface area contributed by atoms with Gasteiger partial charge >= 0.3 is 0 Å². The zero-order valence-corrected chi connectivity index (χ0v) is 18.9. The van der Waals surface area contributed by atoms with E-state index in [1.807, 2.05) is 0 Å². The molecule has 0 unspecified atom stereocenters. The summed E-state index contributed by atoms with van der Waals surface area (Å²) in [6.07, 6.45) is 4.30. The van der Waals surface area contributed by atoms with E-state index in [0.717, 1.165) is 37.7 Å². The fourth-order valence-electron chi connectivity index (χ4n) is 2.59. The van der Waals surface area contributed by atoms with E-state index in [9.17, 15) is 0 Å². The highest BCUT2D eigenvalue weighted by Crippen LogP contribution is 2.32. The van der Waals surface area contributed by atoms with Crippen molar-refractivity contribution in [2.45, 2.75) is 46.0 Å². The molecule has 2 rings (SSSR count). The fraction of sp³-hybridized carbons (Fsp3) is 0.308. The van der Waals surface area contributed by atoms with Gasteiger partial charge < -0.3 is 14.5 Å². The predicted molar refractivity (Wildman–Crippen MR) is 125 cm³/mol. The summed E-state index contributed by atoms with van der Waals surface area (Å²) in [7, 11) is 0. The molecule has 0 heterocycles. The van der Waals surface area contributed by atoms with Crippen LogP contribution in [0.4, 0.5) is 0 Å². The molecule has 0 fully saturated rings. The van der Waals surface area contributed by atoms with Crippen molar-refractivity contribution >= 4 is 0 Å². The maximum absolute atomic E-state index is 5.66. The molecule has 0 N–H and O–H groups in total. The summed E-state index contributed by atoms with van der Waals surface area (Å²) in [6, 6.07) is 17.5. The van der Waals surface area contributed by atoms with Crippen LogP contribution in [0.15, 0.2) is 87.4 Å². The van der Waals surface area contributed by atoms with Crippen LogP contribution < -0.4 is 4.74 Å². The summed E-state index contributed by atoms with van der Waals surface area (Å²) >= 11 is 0. The Bertz CT molecular complexity index is 695. The molecular formula is C26H36O4. The van der Waals surface area contributed by atoms with Crippen LogP contribution in [0, 0.1) is 0 Å². The van der Waals surface area contributed by atoms with E-state index in [2.05, 4.69) is 117 Å². The Morgan fingerprint density at radius 2 is 1.27 bits per heavy atom. The van der Waals surface area contributed by atoms with E-state index in [-0.39, 0.29) is 5.41 Å². The molecule has 0 atom stereocenters. The van der Waals surface area contributed by atoms with Crippen molar-refractivity contribution in [1.29, 1.82) is 0 Å². The molecule has 0 radical (unpaired) electrons. The molecule has 2 aromatic carbocycles. The number of aryl methyl sites for hydroxylation is 1. The van der Waals surface area contributed by atoms with Crippen molar-refractivity contribution in [2.24, 2.45) is 0 Å². The zero-order chi connectivity index (χ0) is 22.8. The topological polar surface area (TPSA) is 36.9 Å². The predicted octanol–water partition coefficient (Wildman–Crippen LogP) is 7.32. The van der Waals surface area contributed by atoms with E-state index in [0.29, 0.717) is 0 Å². The average Bonchev–Trinajstić information content (AvgIpc) is 2.80. The monoisotopic (exact) mass is 412 g/mol. The minimum absolute atomic E-state index is 0.00948. The normalized spacial score (nSPS) is 9.73. The lowest BCUT2D eigenvalue weighted by molar-refractivity contribution is -0.464. The van der Waals surface area contributed by atoms with Gasteiger partial charge in [-0.2, -0.15) is 0 Å². The molecule has 0 amide bonds. The van der Waals surface area contributed by atoms with Crippen molar-refractivity contribution in [1.82, 2.24) is 0 Å². The summed E-state index contributed by atoms with van der Waals surface area (Å²) in [6.45, 7) is 22.0. The van der Waals surface area contributed by atoms with Gasteiger partial charge in [-0.25, -0.2) is 0 Å². The molecule has 0 spiro atoms. The lowest BCUT2D eigenvalue weighted by Gasteiger charge is -2.26. The second-order valence-corrected chi connectivity index (χ2v) is 6.64. The quantitative estimate of drug-likeness (QED) is 0.135. The van der Waals surface area contributed by atoms with Crippen LogP contribution in [0.3, 0.4) is 0 Å². The third-order valence-electron chi connectivity index (χ3n) is 4.35. The summed E-state index contributed by atoms with van der Waals surface area (Å²) in [5.41, 5.74) is 4.06. The fourth-order valence-corrected chi connectivity index (χ4v) is 2.59. The molecular weight excluding hydrogens is 376 g/mol. The summed E-state index contributed by atoms with van der Waals surface area (Å²) in [4.78, 5) is 8.09. The summed E-state index contributed by atoms with van der Waals surface area (Å²) in [5, 5.41) is 3.90. The standard InChI is InChI=1S/C20H26O.C4H6O3.C2H4/c1-5-15-21-19-13-11-18(12-14-19)20(3,4)17-9-7-16(6-2)8-10-17;1-3-5-7-6-4-2;1-2/h7-14H,5-6,15H2,1-4H3;3-4H,1-2H2;1-2H2. The van der Waals surface area contributed by atoms with Crippen LogP contribution in [-0.2, 0) is 26.6 Å². The minimum atomic E-state index is 0.00948. The number of hydrogen-bond acceptors (Lipinski definition) is 4. The van der Waals surface area contributed by atoms with Gasteiger partial charge in [-0.3, -0.25) is 0 Å². The van der Waals surface area contributed by atoms with Crippen molar-refractivity contribution < 1.29 is 19.6 Å². The molecule has 0 aliphatic rings. The van der Waals surface area contributed by atoms with E-state index < -0.39 is 0 Å². The first-order valence-corrected chi connectivity index (χ1v) is 10.0. The first kappa shape index (κ1) is 27.0. The Morgan fingerprint density at radius 1 is 0.800 bits per heavy atom. The lowest BCUT2D eigenvalue weighted by Crippen LogP contribution is -2.18. The number of benzene rings is 2. The number of ether oxygens (including phenoxy) is 1. The van der Waals surface area contributed by atoms with Gasteiger partial charge in [0.25, 0.3) is 0 Å². The van der Waals surface area contributed by atoms with E-state index in [4.69, 9.17) is 4.74 Å². The zero-order valence-electron chi connectivity index (χ0n) is 18.9. The van der Waals surface area contributed by atoms with Gasteiger partial charge in [0.2, 0.25) is 0 Å². The maximum atomic E-state index is 5.66. The van der Waals surface area contributed by atoms with Gasteiger partial charge in [0.15, 0.2) is 0 Å². The Morgan fingerprint density at radius 3 is 1.67 bits per heavy atom. The second kappa shape index (κ2) is 15.9. The van der Waals surface area contributed by atoms with Crippen molar-refractivity contribution in [2.75, 3.05) is 6.61 Å². The van der Waals surface area contributed by atoms with Crippen molar-refractivity contribution in [3.05, 3.63) is 104 Å². The Kier molecular flexibility index (Phi) is 14.3. The smallest absolute Gasteiger partial charge is 0.126 e. The second-order valence-electron chi connectivity index (χ2n) is 6.64. The molecule has 0 saturated heterocycles. The van der Waals surface area contributed by atoms with E-state index >= 15 is 0 Å². The van der Waals surface area contributed by atoms with E-state index in [1.165, 1.54) is 16.7 Å². The molecule has 4 nitrogen and oxygen atoms in total. The first-order chi connectivity index (χ1) is 14.5. The largest absolute Gasteiger partial charge is 0.494 e. The molecule has 164 valence electrons. The van der Waals surface area contributed by atoms with Gasteiger partial charge in [-0.15, -0.1) is 13.2 Å². The third kappa shape index (κ3) is 9.48. The van der Waals surface area contributed by atoms with Crippen LogP contribution in [0.2, 0.25) is 0 Å². The SMILES string of the molecule is C=C.C=COOOC=C.CCCOc1ccc(C(C)(C)c2ccc(CC)cc2)cc1. The maximum Gasteiger partial charge on any atom is 0.126 e. The van der Waals surface area contributed by atoms with Gasteiger partial charge in [-0.05, 0) is 41.7 Å². The summed E-state index contributed by atoms with van der Waals surface area (Å²) < 4.78 is 5.66. The van der Waals surface area contributed by atoms with Gasteiger partial charge in [0.1, 0.15) is 18.3 Å².